The zero-order chi connectivity index (χ0) is 10.5. The van der Waals surface area contributed by atoms with Gasteiger partial charge in [0.1, 0.15) is 0 Å². The van der Waals surface area contributed by atoms with Crippen molar-refractivity contribution in [2.24, 2.45) is 5.92 Å². The Morgan fingerprint density at radius 1 is 1.27 bits per heavy atom. The number of nitrogens with one attached hydrogen (secondary N) is 1. The Morgan fingerprint density at radius 2 is 2.07 bits per heavy atom. The molecule has 15 heavy (non-hydrogen) atoms. The van der Waals surface area contributed by atoms with Gasteiger partial charge in [-0.05, 0) is 24.8 Å². The molecule has 1 N–H and O–H groups in total. The van der Waals surface area contributed by atoms with Crippen molar-refractivity contribution in [3.8, 4) is 6.07 Å². The van der Waals surface area contributed by atoms with Gasteiger partial charge >= 0.3 is 0 Å². The lowest BCUT2D eigenvalue weighted by atomic mass is 10.1. The molecule has 1 fully saturated rings. The van der Waals surface area contributed by atoms with Crippen molar-refractivity contribution in [1.82, 2.24) is 5.32 Å². The summed E-state index contributed by atoms with van der Waals surface area (Å²) in [5, 5.41) is 12.3. The van der Waals surface area contributed by atoms with Crippen LogP contribution in [0.3, 0.4) is 0 Å². The SMILES string of the molecule is N#CC1CCC(NCc2ccccc2)C1. The fourth-order valence-electron chi connectivity index (χ4n) is 2.14. The summed E-state index contributed by atoms with van der Waals surface area (Å²) < 4.78 is 0. The Labute approximate surface area is 90.9 Å². The van der Waals surface area contributed by atoms with Gasteiger partial charge in [0, 0.05) is 18.5 Å². The molecule has 2 nitrogen and oxygen atoms in total. The van der Waals surface area contributed by atoms with E-state index in [1.54, 1.807) is 0 Å². The summed E-state index contributed by atoms with van der Waals surface area (Å²) in [5.41, 5.74) is 1.32. The number of benzene rings is 1. The minimum Gasteiger partial charge on any atom is -0.310 e. The Bertz CT molecular complexity index is 339. The van der Waals surface area contributed by atoms with Crippen LogP contribution < -0.4 is 5.32 Å². The van der Waals surface area contributed by atoms with Crippen molar-refractivity contribution in [3.63, 3.8) is 0 Å². The van der Waals surface area contributed by atoms with Gasteiger partial charge < -0.3 is 5.32 Å². The van der Waals surface area contributed by atoms with Gasteiger partial charge in [-0.3, -0.25) is 0 Å². The number of hydrogen-bond donors (Lipinski definition) is 1. The monoisotopic (exact) mass is 200 g/mol. The van der Waals surface area contributed by atoms with Crippen LogP contribution >= 0.6 is 0 Å². The predicted molar refractivity (Wildman–Crippen MR) is 60.0 cm³/mol. The lowest BCUT2D eigenvalue weighted by Gasteiger charge is -2.11. The molecule has 0 bridgehead atoms. The highest BCUT2D eigenvalue weighted by Gasteiger charge is 2.23. The highest BCUT2D eigenvalue weighted by Crippen LogP contribution is 2.24. The average Bonchev–Trinajstić information content (AvgIpc) is 2.76. The lowest BCUT2D eigenvalue weighted by molar-refractivity contribution is 0.515. The van der Waals surface area contributed by atoms with Crippen LogP contribution in [-0.4, -0.2) is 6.04 Å². The molecule has 2 unspecified atom stereocenters. The first-order chi connectivity index (χ1) is 7.38. The molecule has 0 radical (unpaired) electrons. The van der Waals surface area contributed by atoms with Gasteiger partial charge in [-0.25, -0.2) is 0 Å². The molecule has 78 valence electrons. The summed E-state index contributed by atoms with van der Waals surface area (Å²) in [5.74, 6) is 0.276. The van der Waals surface area contributed by atoms with Crippen molar-refractivity contribution in [3.05, 3.63) is 35.9 Å². The summed E-state index contributed by atoms with van der Waals surface area (Å²) in [7, 11) is 0. The molecule has 0 amide bonds. The molecule has 1 aromatic carbocycles. The van der Waals surface area contributed by atoms with Crippen molar-refractivity contribution >= 4 is 0 Å². The molecule has 0 spiro atoms. The zero-order valence-corrected chi connectivity index (χ0v) is 8.82. The first kappa shape index (κ1) is 10.2. The van der Waals surface area contributed by atoms with Crippen LogP contribution in [0.1, 0.15) is 24.8 Å². The maximum atomic E-state index is 8.79. The number of nitriles is 1. The fraction of sp³-hybridized carbons (Fsp3) is 0.462. The first-order valence-electron chi connectivity index (χ1n) is 5.55. The third-order valence-corrected chi connectivity index (χ3v) is 3.05. The Balaban J connectivity index is 1.78. The topological polar surface area (TPSA) is 35.8 Å². The van der Waals surface area contributed by atoms with E-state index in [1.807, 2.05) is 6.07 Å². The van der Waals surface area contributed by atoms with Crippen molar-refractivity contribution < 1.29 is 0 Å². The third kappa shape index (κ3) is 2.81. The van der Waals surface area contributed by atoms with E-state index in [-0.39, 0.29) is 5.92 Å². The second-order valence-electron chi connectivity index (χ2n) is 4.20. The first-order valence-corrected chi connectivity index (χ1v) is 5.55. The molecular weight excluding hydrogens is 184 g/mol. The van der Waals surface area contributed by atoms with E-state index in [9.17, 15) is 0 Å². The summed E-state index contributed by atoms with van der Waals surface area (Å²) in [6.45, 7) is 0.920. The normalized spacial score (nSPS) is 25.0. The molecule has 2 rings (SSSR count). The summed E-state index contributed by atoms with van der Waals surface area (Å²) in [4.78, 5) is 0. The molecule has 1 aromatic rings. The lowest BCUT2D eigenvalue weighted by Crippen LogP contribution is -2.25. The smallest absolute Gasteiger partial charge is 0.0656 e. The van der Waals surface area contributed by atoms with Crippen LogP contribution in [0.15, 0.2) is 30.3 Å². The Kier molecular flexibility index (Phi) is 3.37. The Hall–Kier alpha value is -1.33. The molecule has 0 aromatic heterocycles. The van der Waals surface area contributed by atoms with Gasteiger partial charge in [0.05, 0.1) is 6.07 Å². The molecule has 0 heterocycles. The minimum absolute atomic E-state index is 0.276. The van der Waals surface area contributed by atoms with Crippen LogP contribution in [0.5, 0.6) is 0 Å². The van der Waals surface area contributed by atoms with E-state index in [1.165, 1.54) is 5.56 Å². The van der Waals surface area contributed by atoms with Gasteiger partial charge in [0.25, 0.3) is 0 Å². The largest absolute Gasteiger partial charge is 0.310 e. The zero-order valence-electron chi connectivity index (χ0n) is 8.82. The molecule has 1 aliphatic carbocycles. The van der Waals surface area contributed by atoms with E-state index in [2.05, 4.69) is 35.7 Å². The number of nitrogens with zero attached hydrogens (tertiary/aromatic N) is 1. The van der Waals surface area contributed by atoms with Crippen molar-refractivity contribution in [2.45, 2.75) is 31.8 Å². The van der Waals surface area contributed by atoms with E-state index >= 15 is 0 Å². The maximum Gasteiger partial charge on any atom is 0.0656 e. The average molecular weight is 200 g/mol. The van der Waals surface area contributed by atoms with Crippen LogP contribution in [-0.2, 0) is 6.54 Å². The summed E-state index contributed by atoms with van der Waals surface area (Å²) >= 11 is 0. The van der Waals surface area contributed by atoms with Gasteiger partial charge in [0.15, 0.2) is 0 Å². The van der Waals surface area contributed by atoms with Crippen LogP contribution in [0.2, 0.25) is 0 Å². The van der Waals surface area contributed by atoms with Crippen molar-refractivity contribution in [2.75, 3.05) is 0 Å². The van der Waals surface area contributed by atoms with E-state index in [4.69, 9.17) is 5.26 Å². The van der Waals surface area contributed by atoms with E-state index in [0.29, 0.717) is 6.04 Å². The number of hydrogen-bond acceptors (Lipinski definition) is 2. The molecule has 0 aliphatic heterocycles. The summed E-state index contributed by atoms with van der Waals surface area (Å²) in [6.07, 6.45) is 3.22. The highest BCUT2D eigenvalue weighted by atomic mass is 14.9. The second kappa shape index (κ2) is 4.95. The second-order valence-corrected chi connectivity index (χ2v) is 4.20. The van der Waals surface area contributed by atoms with Gasteiger partial charge in [-0.15, -0.1) is 0 Å². The van der Waals surface area contributed by atoms with Gasteiger partial charge in [-0.1, -0.05) is 30.3 Å². The third-order valence-electron chi connectivity index (χ3n) is 3.05. The molecule has 1 aliphatic rings. The van der Waals surface area contributed by atoms with Crippen LogP contribution in [0, 0.1) is 17.2 Å². The predicted octanol–water partition coefficient (Wildman–Crippen LogP) is 2.47. The molecule has 1 saturated carbocycles. The van der Waals surface area contributed by atoms with Gasteiger partial charge in [-0.2, -0.15) is 5.26 Å². The van der Waals surface area contributed by atoms with Gasteiger partial charge in [0.2, 0.25) is 0 Å². The standard InChI is InChI=1S/C13H16N2/c14-9-12-6-7-13(8-12)15-10-11-4-2-1-3-5-11/h1-5,12-13,15H,6-8,10H2. The van der Waals surface area contributed by atoms with E-state index in [0.717, 1.165) is 25.8 Å². The molecule has 2 atom stereocenters. The summed E-state index contributed by atoms with van der Waals surface area (Å²) in [6, 6.07) is 13.3. The van der Waals surface area contributed by atoms with E-state index < -0.39 is 0 Å². The molecule has 2 heteroatoms. The van der Waals surface area contributed by atoms with Crippen LogP contribution in [0.25, 0.3) is 0 Å². The maximum absolute atomic E-state index is 8.79. The highest BCUT2D eigenvalue weighted by molar-refractivity contribution is 5.14. The van der Waals surface area contributed by atoms with Crippen LogP contribution in [0.4, 0.5) is 0 Å². The quantitative estimate of drug-likeness (QED) is 0.813. The fourth-order valence-corrected chi connectivity index (χ4v) is 2.14. The number of rotatable bonds is 3. The Morgan fingerprint density at radius 3 is 2.73 bits per heavy atom. The molecule has 0 saturated heterocycles. The van der Waals surface area contributed by atoms with Crippen molar-refractivity contribution in [1.29, 1.82) is 5.26 Å². The molecular formula is C13H16N2. The minimum atomic E-state index is 0.276.